The summed E-state index contributed by atoms with van der Waals surface area (Å²) in [5, 5.41) is 3.59. The van der Waals surface area contributed by atoms with Gasteiger partial charge in [0.1, 0.15) is 0 Å². The van der Waals surface area contributed by atoms with Gasteiger partial charge in [0, 0.05) is 24.8 Å². The number of hydrogen-bond donors (Lipinski definition) is 1. The Labute approximate surface area is 110 Å². The summed E-state index contributed by atoms with van der Waals surface area (Å²) in [5.41, 5.74) is 3.02. The summed E-state index contributed by atoms with van der Waals surface area (Å²) < 4.78 is 0. The summed E-state index contributed by atoms with van der Waals surface area (Å²) >= 11 is 0. The van der Waals surface area contributed by atoms with Crippen molar-refractivity contribution in [1.82, 2.24) is 5.32 Å². The third-order valence-electron chi connectivity index (χ3n) is 4.37. The number of fused-ring (bicyclic) bond motifs is 1. The third-order valence-corrected chi connectivity index (χ3v) is 4.37. The van der Waals surface area contributed by atoms with E-state index in [2.05, 4.69) is 48.3 Å². The fraction of sp³-hybridized carbons (Fsp3) is 0.625. The van der Waals surface area contributed by atoms with Crippen molar-refractivity contribution in [2.75, 3.05) is 24.5 Å². The largest absolute Gasteiger partial charge is 0.367 e. The maximum atomic E-state index is 3.59. The van der Waals surface area contributed by atoms with Crippen molar-refractivity contribution >= 4 is 5.69 Å². The SMILES string of the molecule is CC1CNCC(N2CC(C)Cc3ccccc32)C1. The lowest BCUT2D eigenvalue weighted by Crippen LogP contribution is -2.51. The molecule has 0 radical (unpaired) electrons. The topological polar surface area (TPSA) is 15.3 Å². The minimum atomic E-state index is 0.678. The number of nitrogens with one attached hydrogen (secondary N) is 1. The summed E-state index contributed by atoms with van der Waals surface area (Å²) in [7, 11) is 0. The zero-order valence-corrected chi connectivity index (χ0v) is 11.5. The van der Waals surface area contributed by atoms with Gasteiger partial charge in [-0.2, -0.15) is 0 Å². The highest BCUT2D eigenvalue weighted by Gasteiger charge is 2.29. The first-order valence-electron chi connectivity index (χ1n) is 7.29. The van der Waals surface area contributed by atoms with Crippen LogP contribution in [0, 0.1) is 11.8 Å². The van der Waals surface area contributed by atoms with Crippen molar-refractivity contribution in [3.63, 3.8) is 0 Å². The van der Waals surface area contributed by atoms with Crippen molar-refractivity contribution in [2.45, 2.75) is 32.7 Å². The van der Waals surface area contributed by atoms with Gasteiger partial charge in [-0.1, -0.05) is 32.0 Å². The molecular weight excluding hydrogens is 220 g/mol. The van der Waals surface area contributed by atoms with E-state index in [1.54, 1.807) is 0 Å². The molecule has 1 fully saturated rings. The molecule has 0 aliphatic carbocycles. The van der Waals surface area contributed by atoms with Crippen LogP contribution in [0.4, 0.5) is 5.69 Å². The molecule has 0 saturated carbocycles. The number of hydrogen-bond acceptors (Lipinski definition) is 2. The van der Waals surface area contributed by atoms with Crippen LogP contribution in [0.1, 0.15) is 25.8 Å². The van der Waals surface area contributed by atoms with Gasteiger partial charge in [0.15, 0.2) is 0 Å². The van der Waals surface area contributed by atoms with Gasteiger partial charge in [-0.05, 0) is 42.9 Å². The molecule has 1 aromatic rings. The Morgan fingerprint density at radius 1 is 1.11 bits per heavy atom. The minimum absolute atomic E-state index is 0.678. The first-order valence-corrected chi connectivity index (χ1v) is 7.29. The maximum Gasteiger partial charge on any atom is 0.0417 e. The Morgan fingerprint density at radius 2 is 1.94 bits per heavy atom. The predicted molar refractivity (Wildman–Crippen MR) is 77.1 cm³/mol. The van der Waals surface area contributed by atoms with Gasteiger partial charge in [0.2, 0.25) is 0 Å². The highest BCUT2D eigenvalue weighted by atomic mass is 15.2. The second-order valence-corrected chi connectivity index (χ2v) is 6.24. The molecular formula is C16H24N2. The van der Waals surface area contributed by atoms with Gasteiger partial charge in [0.25, 0.3) is 0 Å². The third kappa shape index (κ3) is 2.26. The highest BCUT2D eigenvalue weighted by Crippen LogP contribution is 2.32. The lowest BCUT2D eigenvalue weighted by atomic mass is 9.89. The van der Waals surface area contributed by atoms with E-state index in [1.807, 2.05) is 0 Å². The highest BCUT2D eigenvalue weighted by molar-refractivity contribution is 5.56. The molecule has 2 aliphatic heterocycles. The molecule has 2 heteroatoms. The Morgan fingerprint density at radius 3 is 2.78 bits per heavy atom. The number of benzene rings is 1. The summed E-state index contributed by atoms with van der Waals surface area (Å²) in [6.45, 7) is 8.28. The summed E-state index contributed by atoms with van der Waals surface area (Å²) in [6.07, 6.45) is 2.57. The number of anilines is 1. The zero-order valence-electron chi connectivity index (χ0n) is 11.5. The quantitative estimate of drug-likeness (QED) is 0.817. The van der Waals surface area contributed by atoms with Gasteiger partial charge in [-0.25, -0.2) is 0 Å². The molecule has 18 heavy (non-hydrogen) atoms. The van der Waals surface area contributed by atoms with Crippen LogP contribution in [0.15, 0.2) is 24.3 Å². The molecule has 0 aromatic heterocycles. The van der Waals surface area contributed by atoms with Crippen molar-refractivity contribution in [1.29, 1.82) is 0 Å². The number of piperidine rings is 1. The van der Waals surface area contributed by atoms with Crippen LogP contribution in [0.5, 0.6) is 0 Å². The molecule has 3 unspecified atom stereocenters. The second kappa shape index (κ2) is 4.93. The molecule has 2 aliphatic rings. The molecule has 0 bridgehead atoms. The molecule has 98 valence electrons. The van der Waals surface area contributed by atoms with Crippen LogP contribution in [-0.2, 0) is 6.42 Å². The summed E-state index contributed by atoms with van der Waals surface area (Å²) in [4.78, 5) is 2.66. The molecule has 1 aromatic carbocycles. The number of nitrogens with zero attached hydrogens (tertiary/aromatic N) is 1. The van der Waals surface area contributed by atoms with E-state index < -0.39 is 0 Å². The minimum Gasteiger partial charge on any atom is -0.367 e. The van der Waals surface area contributed by atoms with Crippen LogP contribution < -0.4 is 10.2 Å². The van der Waals surface area contributed by atoms with Gasteiger partial charge in [-0.15, -0.1) is 0 Å². The van der Waals surface area contributed by atoms with E-state index in [9.17, 15) is 0 Å². The van der Waals surface area contributed by atoms with Gasteiger partial charge in [0.05, 0.1) is 0 Å². The molecule has 0 amide bonds. The summed E-state index contributed by atoms with van der Waals surface area (Å²) in [5.74, 6) is 1.57. The predicted octanol–water partition coefficient (Wildman–Crippen LogP) is 2.68. The number of rotatable bonds is 1. The van der Waals surface area contributed by atoms with Crippen LogP contribution in [-0.4, -0.2) is 25.7 Å². The average molecular weight is 244 g/mol. The van der Waals surface area contributed by atoms with Crippen LogP contribution >= 0.6 is 0 Å². The van der Waals surface area contributed by atoms with E-state index in [4.69, 9.17) is 0 Å². The molecule has 3 atom stereocenters. The lowest BCUT2D eigenvalue weighted by Gasteiger charge is -2.43. The van der Waals surface area contributed by atoms with Crippen molar-refractivity contribution in [2.24, 2.45) is 11.8 Å². The van der Waals surface area contributed by atoms with E-state index in [1.165, 1.54) is 37.2 Å². The van der Waals surface area contributed by atoms with Crippen molar-refractivity contribution in [3.8, 4) is 0 Å². The Balaban J connectivity index is 1.87. The molecule has 2 heterocycles. The Kier molecular flexibility index (Phi) is 3.29. The van der Waals surface area contributed by atoms with Crippen molar-refractivity contribution < 1.29 is 0 Å². The molecule has 3 rings (SSSR count). The van der Waals surface area contributed by atoms with E-state index in [0.29, 0.717) is 6.04 Å². The Hall–Kier alpha value is -1.02. The van der Waals surface area contributed by atoms with Gasteiger partial charge in [-0.3, -0.25) is 0 Å². The Bertz CT molecular complexity index is 415. The normalized spacial score (nSPS) is 32.1. The average Bonchev–Trinajstić information content (AvgIpc) is 2.37. The van der Waals surface area contributed by atoms with Crippen LogP contribution in [0.2, 0.25) is 0 Å². The molecule has 1 N–H and O–H groups in total. The lowest BCUT2D eigenvalue weighted by molar-refractivity contribution is 0.334. The zero-order chi connectivity index (χ0) is 12.5. The van der Waals surface area contributed by atoms with E-state index >= 15 is 0 Å². The maximum absolute atomic E-state index is 3.59. The molecule has 1 saturated heterocycles. The van der Waals surface area contributed by atoms with E-state index in [-0.39, 0.29) is 0 Å². The molecule has 0 spiro atoms. The fourth-order valence-electron chi connectivity index (χ4n) is 3.55. The fourth-order valence-corrected chi connectivity index (χ4v) is 3.55. The van der Waals surface area contributed by atoms with Crippen LogP contribution in [0.25, 0.3) is 0 Å². The van der Waals surface area contributed by atoms with Crippen molar-refractivity contribution in [3.05, 3.63) is 29.8 Å². The smallest absolute Gasteiger partial charge is 0.0417 e. The van der Waals surface area contributed by atoms with Crippen LogP contribution in [0.3, 0.4) is 0 Å². The first kappa shape index (κ1) is 12.0. The monoisotopic (exact) mass is 244 g/mol. The molecule has 2 nitrogen and oxygen atoms in total. The number of para-hydroxylation sites is 1. The van der Waals surface area contributed by atoms with E-state index in [0.717, 1.165) is 18.4 Å². The first-order chi connectivity index (χ1) is 8.74. The summed E-state index contributed by atoms with van der Waals surface area (Å²) in [6, 6.07) is 9.65. The van der Waals surface area contributed by atoms with Gasteiger partial charge < -0.3 is 10.2 Å². The van der Waals surface area contributed by atoms with Gasteiger partial charge >= 0.3 is 0 Å². The second-order valence-electron chi connectivity index (χ2n) is 6.24. The standard InChI is InChI=1S/C16H24N2/c1-12-8-15(10-17-9-12)18-11-13(2)7-14-5-3-4-6-16(14)18/h3-6,12-13,15,17H,7-11H2,1-2H3.